The highest BCUT2D eigenvalue weighted by molar-refractivity contribution is 9.10. The number of nitrogens with one attached hydrogen (secondary N) is 1. The third-order valence-corrected chi connectivity index (χ3v) is 3.71. The maximum atomic E-state index is 4.43. The summed E-state index contributed by atoms with van der Waals surface area (Å²) in [6.07, 6.45) is 3.04. The number of aromatic nitrogens is 2. The molecule has 0 aromatic carbocycles. The van der Waals surface area contributed by atoms with Crippen LogP contribution in [0.2, 0.25) is 0 Å². The number of nitrogens with zero attached hydrogens (tertiary/aromatic N) is 2. The number of rotatable bonds is 5. The molecule has 2 unspecified atom stereocenters. The summed E-state index contributed by atoms with van der Waals surface area (Å²) in [4.78, 5) is 0. The van der Waals surface area contributed by atoms with Gasteiger partial charge in [0.1, 0.15) is 0 Å². The van der Waals surface area contributed by atoms with Gasteiger partial charge in [0.05, 0.1) is 22.4 Å². The Balaban J connectivity index is 3.12. The van der Waals surface area contributed by atoms with Gasteiger partial charge in [0.15, 0.2) is 0 Å². The Bertz CT molecular complexity index is 333. The van der Waals surface area contributed by atoms with Gasteiger partial charge in [0.25, 0.3) is 0 Å². The first-order valence-corrected chi connectivity index (χ1v) is 6.72. The lowest BCUT2D eigenvalue weighted by atomic mass is 9.96. The molecule has 1 N–H and O–H groups in total. The van der Waals surface area contributed by atoms with E-state index in [0.29, 0.717) is 18.0 Å². The van der Waals surface area contributed by atoms with Crippen molar-refractivity contribution in [2.75, 3.05) is 7.05 Å². The Labute approximate surface area is 107 Å². The van der Waals surface area contributed by atoms with Crippen molar-refractivity contribution in [3.8, 4) is 0 Å². The van der Waals surface area contributed by atoms with Crippen molar-refractivity contribution in [1.29, 1.82) is 0 Å². The van der Waals surface area contributed by atoms with Gasteiger partial charge in [-0.3, -0.25) is 4.68 Å². The van der Waals surface area contributed by atoms with Crippen molar-refractivity contribution >= 4 is 15.9 Å². The van der Waals surface area contributed by atoms with Gasteiger partial charge in [0.2, 0.25) is 0 Å². The minimum atomic E-state index is 0.351. The molecule has 92 valence electrons. The van der Waals surface area contributed by atoms with Gasteiger partial charge in [-0.15, -0.1) is 0 Å². The van der Waals surface area contributed by atoms with Gasteiger partial charge in [-0.05, 0) is 42.7 Å². The molecule has 16 heavy (non-hydrogen) atoms. The van der Waals surface area contributed by atoms with Crippen molar-refractivity contribution in [2.45, 2.75) is 46.2 Å². The Hall–Kier alpha value is -0.350. The summed E-state index contributed by atoms with van der Waals surface area (Å²) in [6.45, 7) is 8.81. The largest absolute Gasteiger partial charge is 0.311 e. The summed E-state index contributed by atoms with van der Waals surface area (Å²) in [5, 5.41) is 7.83. The van der Waals surface area contributed by atoms with Crippen LogP contribution in [0, 0.1) is 5.92 Å². The molecule has 0 aliphatic carbocycles. The molecule has 0 aliphatic heterocycles. The lowest BCUT2D eigenvalue weighted by Gasteiger charge is -2.25. The lowest BCUT2D eigenvalue weighted by Crippen LogP contribution is -2.27. The highest BCUT2D eigenvalue weighted by Crippen LogP contribution is 2.31. The van der Waals surface area contributed by atoms with Crippen molar-refractivity contribution in [3.63, 3.8) is 0 Å². The summed E-state index contributed by atoms with van der Waals surface area (Å²) in [5.74, 6) is 0.593. The molecule has 1 heterocycles. The fourth-order valence-corrected chi connectivity index (χ4v) is 2.50. The fourth-order valence-electron chi connectivity index (χ4n) is 1.98. The second kappa shape index (κ2) is 5.82. The van der Waals surface area contributed by atoms with Crippen LogP contribution in [0.25, 0.3) is 0 Å². The normalized spacial score (nSPS) is 15.4. The van der Waals surface area contributed by atoms with Gasteiger partial charge in [-0.1, -0.05) is 20.3 Å². The monoisotopic (exact) mass is 287 g/mol. The van der Waals surface area contributed by atoms with Crippen LogP contribution < -0.4 is 5.32 Å². The molecule has 0 amide bonds. The first kappa shape index (κ1) is 13.7. The standard InChI is InChI=1S/C12H22BrN3/c1-6-9(4)11(14-5)12-10(13)7-15-16(12)8(2)3/h7-9,11,14H,6H2,1-5H3. The lowest BCUT2D eigenvalue weighted by molar-refractivity contribution is 0.361. The first-order valence-electron chi connectivity index (χ1n) is 5.93. The fraction of sp³-hybridized carbons (Fsp3) is 0.750. The number of hydrogen-bond acceptors (Lipinski definition) is 2. The molecule has 1 aromatic heterocycles. The molecule has 0 spiro atoms. The summed E-state index contributed by atoms with van der Waals surface area (Å²) in [5.41, 5.74) is 1.26. The van der Waals surface area contributed by atoms with Gasteiger partial charge in [-0.2, -0.15) is 5.10 Å². The molecule has 0 fully saturated rings. The molecule has 1 rings (SSSR count). The van der Waals surface area contributed by atoms with Crippen molar-refractivity contribution in [2.24, 2.45) is 5.92 Å². The van der Waals surface area contributed by atoms with Crippen LogP contribution in [0.1, 0.15) is 51.9 Å². The van der Waals surface area contributed by atoms with Crippen molar-refractivity contribution in [1.82, 2.24) is 15.1 Å². The Morgan fingerprint density at radius 1 is 1.44 bits per heavy atom. The highest BCUT2D eigenvalue weighted by atomic mass is 79.9. The molecule has 0 saturated heterocycles. The Morgan fingerprint density at radius 3 is 2.50 bits per heavy atom. The summed E-state index contributed by atoms with van der Waals surface area (Å²) in [6, 6.07) is 0.741. The van der Waals surface area contributed by atoms with Gasteiger partial charge in [-0.25, -0.2) is 0 Å². The van der Waals surface area contributed by atoms with Crippen LogP contribution in [0.15, 0.2) is 10.7 Å². The minimum Gasteiger partial charge on any atom is -0.311 e. The summed E-state index contributed by atoms with van der Waals surface area (Å²) >= 11 is 3.60. The molecule has 2 atom stereocenters. The second-order valence-electron chi connectivity index (χ2n) is 4.57. The summed E-state index contributed by atoms with van der Waals surface area (Å²) in [7, 11) is 2.01. The zero-order valence-corrected chi connectivity index (χ0v) is 12.4. The molecule has 3 nitrogen and oxygen atoms in total. The van der Waals surface area contributed by atoms with E-state index in [1.165, 1.54) is 5.69 Å². The molecular formula is C12H22BrN3. The minimum absolute atomic E-state index is 0.351. The van der Waals surface area contributed by atoms with Crippen molar-refractivity contribution in [3.05, 3.63) is 16.4 Å². The maximum Gasteiger partial charge on any atom is 0.0701 e. The molecule has 1 aromatic rings. The predicted octanol–water partition coefficient (Wildman–Crippen LogP) is 3.53. The van der Waals surface area contributed by atoms with E-state index in [-0.39, 0.29) is 0 Å². The van der Waals surface area contributed by atoms with Crippen molar-refractivity contribution < 1.29 is 0 Å². The second-order valence-corrected chi connectivity index (χ2v) is 5.42. The van der Waals surface area contributed by atoms with E-state index in [4.69, 9.17) is 0 Å². The summed E-state index contributed by atoms with van der Waals surface area (Å²) < 4.78 is 3.19. The SMILES string of the molecule is CCC(C)C(NC)c1c(Br)cnn1C(C)C. The van der Waals surface area contributed by atoms with Crippen LogP contribution in [-0.4, -0.2) is 16.8 Å². The average Bonchev–Trinajstić information content (AvgIpc) is 2.62. The van der Waals surface area contributed by atoms with E-state index in [2.05, 4.69) is 58.7 Å². The molecule has 0 bridgehead atoms. The van der Waals surface area contributed by atoms with Crippen LogP contribution >= 0.6 is 15.9 Å². The number of halogens is 1. The van der Waals surface area contributed by atoms with Crippen LogP contribution in [0.4, 0.5) is 0 Å². The quantitative estimate of drug-likeness (QED) is 0.898. The maximum absolute atomic E-state index is 4.43. The zero-order valence-electron chi connectivity index (χ0n) is 10.8. The molecule has 0 radical (unpaired) electrons. The van der Waals surface area contributed by atoms with Gasteiger partial charge < -0.3 is 5.32 Å². The topological polar surface area (TPSA) is 29.9 Å². The third kappa shape index (κ3) is 2.66. The van der Waals surface area contributed by atoms with Crippen LogP contribution in [0.3, 0.4) is 0 Å². The predicted molar refractivity (Wildman–Crippen MR) is 71.6 cm³/mol. The van der Waals surface area contributed by atoms with E-state index in [1.807, 2.05) is 13.2 Å². The Morgan fingerprint density at radius 2 is 2.06 bits per heavy atom. The Kier molecular flexibility index (Phi) is 4.99. The van der Waals surface area contributed by atoms with Gasteiger partial charge in [0, 0.05) is 6.04 Å². The van der Waals surface area contributed by atoms with E-state index in [0.717, 1.165) is 10.9 Å². The molecule has 4 heteroatoms. The zero-order chi connectivity index (χ0) is 12.3. The third-order valence-electron chi connectivity index (χ3n) is 3.09. The van der Waals surface area contributed by atoms with E-state index in [9.17, 15) is 0 Å². The first-order chi connectivity index (χ1) is 7.52. The molecule has 0 aliphatic rings. The molecular weight excluding hydrogens is 266 g/mol. The van der Waals surface area contributed by atoms with Crippen LogP contribution in [-0.2, 0) is 0 Å². The average molecular weight is 288 g/mol. The number of hydrogen-bond donors (Lipinski definition) is 1. The van der Waals surface area contributed by atoms with E-state index in [1.54, 1.807) is 0 Å². The highest BCUT2D eigenvalue weighted by Gasteiger charge is 2.23. The van der Waals surface area contributed by atoms with E-state index < -0.39 is 0 Å². The van der Waals surface area contributed by atoms with Crippen LogP contribution in [0.5, 0.6) is 0 Å². The van der Waals surface area contributed by atoms with E-state index >= 15 is 0 Å². The smallest absolute Gasteiger partial charge is 0.0701 e. The molecule has 0 saturated carbocycles. The van der Waals surface area contributed by atoms with Gasteiger partial charge >= 0.3 is 0 Å².